The van der Waals surface area contributed by atoms with Crippen molar-refractivity contribution in [2.45, 2.75) is 45.0 Å². The van der Waals surface area contributed by atoms with Gasteiger partial charge in [0.15, 0.2) is 6.29 Å². The average molecular weight is 222 g/mol. The van der Waals surface area contributed by atoms with Gasteiger partial charge in [-0.3, -0.25) is 0 Å². The molecule has 0 amide bonds. The van der Waals surface area contributed by atoms with Gasteiger partial charge in [0.1, 0.15) is 0 Å². The SMILES string of the molecule is C=C(C)C1CC[C@]2(C)OC(OC)C(=C)[C@@H]2C1. The molecule has 16 heavy (non-hydrogen) atoms. The van der Waals surface area contributed by atoms with Gasteiger partial charge in [0.25, 0.3) is 0 Å². The Morgan fingerprint density at radius 1 is 1.56 bits per heavy atom. The van der Waals surface area contributed by atoms with Crippen molar-refractivity contribution >= 4 is 0 Å². The minimum atomic E-state index is -0.209. The Kier molecular flexibility index (Phi) is 2.97. The largest absolute Gasteiger partial charge is 0.352 e. The molecule has 1 aliphatic carbocycles. The molecule has 2 aliphatic rings. The van der Waals surface area contributed by atoms with Gasteiger partial charge in [-0.25, -0.2) is 0 Å². The fourth-order valence-electron chi connectivity index (χ4n) is 3.10. The number of hydrogen-bond acceptors (Lipinski definition) is 2. The fourth-order valence-corrected chi connectivity index (χ4v) is 3.10. The normalized spacial score (nSPS) is 43.2. The van der Waals surface area contributed by atoms with E-state index in [9.17, 15) is 0 Å². The highest BCUT2D eigenvalue weighted by Gasteiger charge is 2.50. The van der Waals surface area contributed by atoms with Gasteiger partial charge in [0.2, 0.25) is 0 Å². The topological polar surface area (TPSA) is 18.5 Å². The molecule has 0 radical (unpaired) electrons. The summed E-state index contributed by atoms with van der Waals surface area (Å²) in [6.45, 7) is 12.5. The maximum atomic E-state index is 5.99. The van der Waals surface area contributed by atoms with Crippen LogP contribution in [-0.2, 0) is 9.47 Å². The van der Waals surface area contributed by atoms with Crippen LogP contribution in [0.25, 0.3) is 0 Å². The van der Waals surface area contributed by atoms with E-state index in [-0.39, 0.29) is 11.9 Å². The van der Waals surface area contributed by atoms with Gasteiger partial charge in [0.05, 0.1) is 5.60 Å². The van der Waals surface area contributed by atoms with Crippen molar-refractivity contribution in [3.05, 3.63) is 24.3 Å². The molecule has 0 aromatic heterocycles. The molecule has 0 bridgehead atoms. The summed E-state index contributed by atoms with van der Waals surface area (Å²) in [5.74, 6) is 1.04. The van der Waals surface area contributed by atoms with Crippen molar-refractivity contribution in [1.82, 2.24) is 0 Å². The summed E-state index contributed by atoms with van der Waals surface area (Å²) in [4.78, 5) is 0. The van der Waals surface area contributed by atoms with E-state index in [0.717, 1.165) is 18.4 Å². The van der Waals surface area contributed by atoms with Gasteiger partial charge in [0, 0.05) is 13.0 Å². The van der Waals surface area contributed by atoms with E-state index >= 15 is 0 Å². The molecule has 2 unspecified atom stereocenters. The molecule has 2 nitrogen and oxygen atoms in total. The Labute approximate surface area is 98.3 Å². The Morgan fingerprint density at radius 3 is 2.81 bits per heavy atom. The Morgan fingerprint density at radius 2 is 2.25 bits per heavy atom. The molecule has 90 valence electrons. The lowest BCUT2D eigenvalue weighted by atomic mass is 9.69. The number of fused-ring (bicyclic) bond motifs is 1. The third-order valence-electron chi connectivity index (χ3n) is 4.28. The van der Waals surface area contributed by atoms with Gasteiger partial charge in [-0.15, -0.1) is 0 Å². The fraction of sp³-hybridized carbons (Fsp3) is 0.714. The van der Waals surface area contributed by atoms with Crippen LogP contribution >= 0.6 is 0 Å². The highest BCUT2D eigenvalue weighted by molar-refractivity contribution is 5.20. The number of hydrogen-bond donors (Lipinski definition) is 0. The Bertz CT molecular complexity index is 321. The molecule has 1 heterocycles. The third kappa shape index (κ3) is 1.74. The van der Waals surface area contributed by atoms with E-state index in [1.54, 1.807) is 7.11 Å². The molecule has 0 spiro atoms. The first-order valence-electron chi connectivity index (χ1n) is 6.02. The Balaban J connectivity index is 2.18. The zero-order valence-electron chi connectivity index (χ0n) is 10.6. The van der Waals surface area contributed by atoms with Crippen molar-refractivity contribution in [3.8, 4) is 0 Å². The molecule has 4 atom stereocenters. The molecule has 1 saturated heterocycles. The molecule has 2 rings (SSSR count). The zero-order valence-corrected chi connectivity index (χ0v) is 10.6. The molecule has 1 aliphatic heterocycles. The van der Waals surface area contributed by atoms with Crippen LogP contribution < -0.4 is 0 Å². The van der Waals surface area contributed by atoms with Crippen LogP contribution in [0, 0.1) is 11.8 Å². The standard InChI is InChI=1S/C14H22O2/c1-9(2)11-6-7-14(4)12(8-11)10(3)13(15-5)16-14/h11-13H,1,3,6-8H2,2,4-5H3/t11?,12-,13?,14-/m0/s1. The van der Waals surface area contributed by atoms with Crippen LogP contribution in [0.15, 0.2) is 24.3 Å². The van der Waals surface area contributed by atoms with Crippen LogP contribution in [0.5, 0.6) is 0 Å². The lowest BCUT2D eigenvalue weighted by Crippen LogP contribution is -2.38. The average Bonchev–Trinajstić information content (AvgIpc) is 2.50. The van der Waals surface area contributed by atoms with Crippen LogP contribution in [0.4, 0.5) is 0 Å². The van der Waals surface area contributed by atoms with E-state index in [0.29, 0.717) is 11.8 Å². The van der Waals surface area contributed by atoms with Crippen molar-refractivity contribution in [3.63, 3.8) is 0 Å². The molecule has 0 aromatic carbocycles. The molecule has 2 heteroatoms. The lowest BCUT2D eigenvalue weighted by Gasteiger charge is -2.39. The first-order chi connectivity index (χ1) is 7.48. The second kappa shape index (κ2) is 4.01. The summed E-state index contributed by atoms with van der Waals surface area (Å²) in [5.41, 5.74) is 2.33. The minimum absolute atomic E-state index is 0.0658. The first-order valence-corrected chi connectivity index (χ1v) is 6.02. The summed E-state index contributed by atoms with van der Waals surface area (Å²) in [7, 11) is 1.69. The number of allylic oxidation sites excluding steroid dienone is 1. The van der Waals surface area contributed by atoms with Crippen LogP contribution in [0.1, 0.15) is 33.1 Å². The molecule has 0 N–H and O–H groups in total. The van der Waals surface area contributed by atoms with E-state index in [2.05, 4.69) is 27.0 Å². The predicted octanol–water partition coefficient (Wildman–Crippen LogP) is 3.30. The minimum Gasteiger partial charge on any atom is -0.352 e. The molecule has 0 aromatic rings. The molecular formula is C14H22O2. The van der Waals surface area contributed by atoms with Crippen molar-refractivity contribution < 1.29 is 9.47 Å². The van der Waals surface area contributed by atoms with Gasteiger partial charge >= 0.3 is 0 Å². The van der Waals surface area contributed by atoms with Crippen molar-refractivity contribution in [1.29, 1.82) is 0 Å². The van der Waals surface area contributed by atoms with Gasteiger partial charge < -0.3 is 9.47 Å². The highest BCUT2D eigenvalue weighted by Crippen LogP contribution is 2.50. The summed E-state index contributed by atoms with van der Waals surface area (Å²) in [6.07, 6.45) is 3.16. The van der Waals surface area contributed by atoms with Crippen LogP contribution in [0.3, 0.4) is 0 Å². The monoisotopic (exact) mass is 222 g/mol. The third-order valence-corrected chi connectivity index (χ3v) is 4.28. The number of rotatable bonds is 2. The van der Waals surface area contributed by atoms with Gasteiger partial charge in [-0.1, -0.05) is 18.7 Å². The van der Waals surface area contributed by atoms with Gasteiger partial charge in [-0.2, -0.15) is 0 Å². The first kappa shape index (κ1) is 11.9. The smallest absolute Gasteiger partial charge is 0.180 e. The van der Waals surface area contributed by atoms with Crippen molar-refractivity contribution in [2.75, 3.05) is 7.11 Å². The van der Waals surface area contributed by atoms with Gasteiger partial charge in [-0.05, 0) is 44.6 Å². The predicted molar refractivity (Wildman–Crippen MR) is 65.1 cm³/mol. The second-order valence-corrected chi connectivity index (χ2v) is 5.44. The summed E-state index contributed by atoms with van der Waals surface area (Å²) in [6, 6.07) is 0. The van der Waals surface area contributed by atoms with E-state index in [4.69, 9.17) is 9.47 Å². The van der Waals surface area contributed by atoms with E-state index in [1.807, 2.05) is 0 Å². The number of ether oxygens (including phenoxy) is 2. The molecule has 2 fully saturated rings. The molecular weight excluding hydrogens is 200 g/mol. The maximum absolute atomic E-state index is 5.99. The summed E-state index contributed by atoms with van der Waals surface area (Å²) >= 11 is 0. The van der Waals surface area contributed by atoms with E-state index in [1.165, 1.54) is 12.0 Å². The second-order valence-electron chi connectivity index (χ2n) is 5.44. The zero-order chi connectivity index (χ0) is 11.9. The van der Waals surface area contributed by atoms with Crippen LogP contribution in [-0.4, -0.2) is 19.0 Å². The van der Waals surface area contributed by atoms with E-state index < -0.39 is 0 Å². The maximum Gasteiger partial charge on any atom is 0.180 e. The lowest BCUT2D eigenvalue weighted by molar-refractivity contribution is -0.154. The number of methoxy groups -OCH3 is 1. The molecule has 1 saturated carbocycles. The summed E-state index contributed by atoms with van der Waals surface area (Å²) in [5, 5.41) is 0. The quantitative estimate of drug-likeness (QED) is 0.667. The van der Waals surface area contributed by atoms with Crippen molar-refractivity contribution in [2.24, 2.45) is 11.8 Å². The highest BCUT2D eigenvalue weighted by atomic mass is 16.7. The Hall–Kier alpha value is -0.600. The van der Waals surface area contributed by atoms with Crippen LogP contribution in [0.2, 0.25) is 0 Å². The summed E-state index contributed by atoms with van der Waals surface area (Å²) < 4.78 is 11.3.